The number of hydrogen-bond acceptors (Lipinski definition) is 5. The second-order valence-electron chi connectivity index (χ2n) is 7.24. The molecule has 0 aromatic rings. The first-order valence-corrected chi connectivity index (χ1v) is 8.25. The van der Waals surface area contributed by atoms with Crippen molar-refractivity contribution >= 4 is 17.7 Å². The zero-order valence-corrected chi connectivity index (χ0v) is 14.7. The molecule has 0 spiro atoms. The van der Waals surface area contributed by atoms with E-state index >= 15 is 0 Å². The Hall–Kier alpha value is -1.56. The van der Waals surface area contributed by atoms with E-state index in [2.05, 4.69) is 0 Å². The predicted molar refractivity (Wildman–Crippen MR) is 89.3 cm³/mol. The SMILES string of the molecule is CC(C)(C)OC(=O)N1CC2CC(O/C(N)=C/C=C(\N)Cl)CC2C1. The lowest BCUT2D eigenvalue weighted by Crippen LogP contribution is -2.36. The average molecular weight is 344 g/mol. The minimum Gasteiger partial charge on any atom is -0.476 e. The Labute approximate surface area is 142 Å². The second kappa shape index (κ2) is 6.91. The molecular formula is C16H26ClN3O3. The summed E-state index contributed by atoms with van der Waals surface area (Å²) >= 11 is 5.54. The van der Waals surface area contributed by atoms with Gasteiger partial charge in [0.1, 0.15) is 11.7 Å². The monoisotopic (exact) mass is 343 g/mol. The summed E-state index contributed by atoms with van der Waals surface area (Å²) in [4.78, 5) is 13.9. The van der Waals surface area contributed by atoms with Crippen molar-refractivity contribution in [3.8, 4) is 0 Å². The number of carbonyl (C=O) groups is 1. The molecule has 1 saturated carbocycles. The number of ether oxygens (including phenoxy) is 2. The average Bonchev–Trinajstić information content (AvgIpc) is 2.92. The zero-order chi connectivity index (χ0) is 17.2. The number of allylic oxidation sites excluding steroid dienone is 2. The number of likely N-dealkylation sites (tertiary alicyclic amines) is 1. The minimum atomic E-state index is -0.461. The molecule has 0 bridgehead atoms. The van der Waals surface area contributed by atoms with Gasteiger partial charge in [-0.1, -0.05) is 11.6 Å². The summed E-state index contributed by atoms with van der Waals surface area (Å²) in [6.07, 6.45) is 4.68. The van der Waals surface area contributed by atoms with E-state index in [4.69, 9.17) is 32.5 Å². The van der Waals surface area contributed by atoms with Gasteiger partial charge in [-0.3, -0.25) is 0 Å². The molecule has 4 N–H and O–H groups in total. The number of halogens is 1. The van der Waals surface area contributed by atoms with Gasteiger partial charge in [0.2, 0.25) is 0 Å². The summed E-state index contributed by atoms with van der Waals surface area (Å²) in [5.74, 6) is 1.19. The van der Waals surface area contributed by atoms with E-state index in [1.165, 1.54) is 6.08 Å². The van der Waals surface area contributed by atoms with Crippen molar-refractivity contribution in [1.29, 1.82) is 0 Å². The Kier molecular flexibility index (Phi) is 5.34. The van der Waals surface area contributed by atoms with Crippen LogP contribution in [0, 0.1) is 11.8 Å². The molecule has 2 aliphatic rings. The summed E-state index contributed by atoms with van der Waals surface area (Å²) in [6.45, 7) is 7.07. The molecule has 2 fully saturated rings. The quantitative estimate of drug-likeness (QED) is 0.466. The van der Waals surface area contributed by atoms with Crippen molar-refractivity contribution in [2.45, 2.75) is 45.3 Å². The van der Waals surface area contributed by atoms with Crippen LogP contribution >= 0.6 is 11.6 Å². The topological polar surface area (TPSA) is 90.8 Å². The van der Waals surface area contributed by atoms with Gasteiger partial charge in [-0.25, -0.2) is 4.79 Å². The number of nitrogens with zero attached hydrogens (tertiary/aromatic N) is 1. The molecule has 1 heterocycles. The highest BCUT2D eigenvalue weighted by molar-refractivity contribution is 6.29. The summed E-state index contributed by atoms with van der Waals surface area (Å²) in [6, 6.07) is 0. The molecule has 7 heteroatoms. The van der Waals surface area contributed by atoms with Gasteiger partial charge in [0.25, 0.3) is 0 Å². The largest absolute Gasteiger partial charge is 0.476 e. The van der Waals surface area contributed by atoms with E-state index in [1.807, 2.05) is 20.8 Å². The standard InChI is InChI=1S/C16H26ClN3O3/c1-16(2,3)23-15(21)20-8-10-6-12(7-11(10)9-20)22-14(19)5-4-13(17)18/h4-5,10-12H,6-9,18-19H2,1-3H3/b13-4-,14-5+. The van der Waals surface area contributed by atoms with Gasteiger partial charge in [-0.2, -0.15) is 0 Å². The molecule has 23 heavy (non-hydrogen) atoms. The fourth-order valence-corrected chi connectivity index (χ4v) is 3.27. The maximum absolute atomic E-state index is 12.1. The number of carbonyl (C=O) groups excluding carboxylic acids is 1. The van der Waals surface area contributed by atoms with Gasteiger partial charge in [0, 0.05) is 19.2 Å². The summed E-state index contributed by atoms with van der Waals surface area (Å²) < 4.78 is 11.1. The van der Waals surface area contributed by atoms with Crippen LogP contribution in [0.2, 0.25) is 0 Å². The highest BCUT2D eigenvalue weighted by Gasteiger charge is 2.44. The Morgan fingerprint density at radius 3 is 2.22 bits per heavy atom. The first-order chi connectivity index (χ1) is 10.6. The second-order valence-corrected chi connectivity index (χ2v) is 7.67. The predicted octanol–water partition coefficient (Wildman–Crippen LogP) is 2.49. The Morgan fingerprint density at radius 2 is 1.74 bits per heavy atom. The molecule has 1 aliphatic heterocycles. The van der Waals surface area contributed by atoms with Gasteiger partial charge >= 0.3 is 6.09 Å². The van der Waals surface area contributed by atoms with E-state index in [9.17, 15) is 4.79 Å². The van der Waals surface area contributed by atoms with Gasteiger partial charge < -0.3 is 25.8 Å². The van der Waals surface area contributed by atoms with Crippen molar-refractivity contribution in [1.82, 2.24) is 4.90 Å². The molecular weight excluding hydrogens is 318 g/mol. The van der Waals surface area contributed by atoms with Crippen LogP contribution in [-0.2, 0) is 9.47 Å². The van der Waals surface area contributed by atoms with Crippen molar-refractivity contribution in [3.05, 3.63) is 23.2 Å². The molecule has 6 nitrogen and oxygen atoms in total. The summed E-state index contributed by atoms with van der Waals surface area (Å²) in [7, 11) is 0. The first kappa shape index (κ1) is 17.8. The third-order valence-corrected chi connectivity index (χ3v) is 4.19. The van der Waals surface area contributed by atoms with E-state index < -0.39 is 5.60 Å². The number of nitrogens with two attached hydrogens (primary N) is 2. The Morgan fingerprint density at radius 1 is 1.17 bits per heavy atom. The van der Waals surface area contributed by atoms with Crippen molar-refractivity contribution in [2.24, 2.45) is 23.3 Å². The van der Waals surface area contributed by atoms with E-state index in [1.54, 1.807) is 11.0 Å². The van der Waals surface area contributed by atoms with Crippen LogP contribution in [0.15, 0.2) is 23.2 Å². The van der Waals surface area contributed by atoms with Crippen LogP contribution in [-0.4, -0.2) is 35.8 Å². The van der Waals surface area contributed by atoms with Crippen LogP contribution < -0.4 is 11.5 Å². The molecule has 2 rings (SSSR count). The molecule has 0 aromatic heterocycles. The molecule has 2 unspecified atom stereocenters. The van der Waals surface area contributed by atoms with Crippen molar-refractivity contribution in [3.63, 3.8) is 0 Å². The van der Waals surface area contributed by atoms with Crippen molar-refractivity contribution in [2.75, 3.05) is 13.1 Å². The normalized spacial score (nSPS) is 28.7. The van der Waals surface area contributed by atoms with Gasteiger partial charge in [0.15, 0.2) is 5.88 Å². The molecule has 130 valence electrons. The number of amides is 1. The van der Waals surface area contributed by atoms with Gasteiger partial charge in [-0.05, 0) is 51.5 Å². The lowest BCUT2D eigenvalue weighted by atomic mass is 10.0. The lowest BCUT2D eigenvalue weighted by molar-refractivity contribution is 0.0263. The number of fused-ring (bicyclic) bond motifs is 1. The maximum Gasteiger partial charge on any atom is 0.410 e. The van der Waals surface area contributed by atoms with E-state index in [0.29, 0.717) is 17.7 Å². The minimum absolute atomic E-state index is 0.0759. The third kappa shape index (κ3) is 5.23. The summed E-state index contributed by atoms with van der Waals surface area (Å²) in [5, 5.41) is 0.160. The van der Waals surface area contributed by atoms with Gasteiger partial charge in [-0.15, -0.1) is 0 Å². The highest BCUT2D eigenvalue weighted by Crippen LogP contribution is 2.40. The Bertz CT molecular complexity index is 495. The van der Waals surface area contributed by atoms with Gasteiger partial charge in [0.05, 0.1) is 5.16 Å². The third-order valence-electron chi connectivity index (χ3n) is 4.07. The molecule has 2 atom stereocenters. The first-order valence-electron chi connectivity index (χ1n) is 7.87. The molecule has 0 aromatic carbocycles. The summed E-state index contributed by atoms with van der Waals surface area (Å²) in [5.41, 5.74) is 10.7. The lowest BCUT2D eigenvalue weighted by Gasteiger charge is -2.25. The molecule has 1 aliphatic carbocycles. The number of rotatable bonds is 3. The molecule has 1 amide bonds. The smallest absolute Gasteiger partial charge is 0.410 e. The van der Waals surface area contributed by atoms with Crippen LogP contribution in [0.25, 0.3) is 0 Å². The molecule has 0 radical (unpaired) electrons. The van der Waals surface area contributed by atoms with Crippen LogP contribution in [0.5, 0.6) is 0 Å². The maximum atomic E-state index is 12.1. The van der Waals surface area contributed by atoms with Crippen molar-refractivity contribution < 1.29 is 14.3 Å². The Balaban J connectivity index is 1.82. The van der Waals surface area contributed by atoms with Crippen LogP contribution in [0.1, 0.15) is 33.6 Å². The van der Waals surface area contributed by atoms with Crippen LogP contribution in [0.3, 0.4) is 0 Å². The van der Waals surface area contributed by atoms with Crippen LogP contribution in [0.4, 0.5) is 4.79 Å². The van der Waals surface area contributed by atoms with E-state index in [-0.39, 0.29) is 17.4 Å². The zero-order valence-electron chi connectivity index (χ0n) is 13.9. The number of hydrogen-bond donors (Lipinski definition) is 2. The fourth-order valence-electron chi connectivity index (χ4n) is 3.21. The highest BCUT2D eigenvalue weighted by atomic mass is 35.5. The van der Waals surface area contributed by atoms with E-state index in [0.717, 1.165) is 25.9 Å². The fraction of sp³-hybridized carbons (Fsp3) is 0.688. The molecule has 1 saturated heterocycles.